The fraction of sp³-hybridized carbons (Fsp3) is 0.0625. The number of hydrogen-bond acceptors (Lipinski definition) is 6. The van der Waals surface area contributed by atoms with Crippen molar-refractivity contribution < 1.29 is 0 Å². The quantitative estimate of drug-likeness (QED) is 0.591. The second-order valence-electron chi connectivity index (χ2n) is 5.08. The van der Waals surface area contributed by atoms with Gasteiger partial charge in [0.25, 0.3) is 5.56 Å². The zero-order valence-electron chi connectivity index (χ0n) is 12.5. The topological polar surface area (TPSA) is 101 Å². The third-order valence-electron chi connectivity index (χ3n) is 3.48. The summed E-state index contributed by atoms with van der Waals surface area (Å²) < 4.78 is 1.35. The fourth-order valence-corrected chi connectivity index (χ4v) is 2.35. The Morgan fingerprint density at radius 2 is 1.88 bits per heavy atom. The van der Waals surface area contributed by atoms with Crippen LogP contribution in [0.25, 0.3) is 16.7 Å². The largest absolute Gasteiger partial charge is 0.359 e. The van der Waals surface area contributed by atoms with Gasteiger partial charge in [-0.1, -0.05) is 18.2 Å². The first-order chi connectivity index (χ1) is 11.8. The monoisotopic (exact) mass is 319 g/mol. The first kappa shape index (κ1) is 14.1. The minimum absolute atomic E-state index is 0.227. The van der Waals surface area contributed by atoms with E-state index in [1.54, 1.807) is 18.5 Å². The fourth-order valence-electron chi connectivity index (χ4n) is 2.35. The number of aromatic amines is 1. The van der Waals surface area contributed by atoms with Gasteiger partial charge >= 0.3 is 0 Å². The van der Waals surface area contributed by atoms with Crippen LogP contribution in [0, 0.1) is 0 Å². The van der Waals surface area contributed by atoms with Crippen LogP contribution in [0.5, 0.6) is 0 Å². The number of aromatic nitrogens is 6. The van der Waals surface area contributed by atoms with Crippen molar-refractivity contribution >= 4 is 16.9 Å². The zero-order valence-corrected chi connectivity index (χ0v) is 12.5. The number of anilines is 1. The third-order valence-corrected chi connectivity index (χ3v) is 3.48. The number of nitrogens with one attached hydrogen (secondary N) is 2. The average molecular weight is 319 g/mol. The van der Waals surface area contributed by atoms with E-state index in [0.29, 0.717) is 34.9 Å². The van der Waals surface area contributed by atoms with Crippen LogP contribution in [-0.4, -0.2) is 29.9 Å². The van der Waals surface area contributed by atoms with Gasteiger partial charge in [-0.05, 0) is 18.2 Å². The Morgan fingerprint density at radius 3 is 2.67 bits per heavy atom. The minimum Gasteiger partial charge on any atom is -0.359 e. The second-order valence-corrected chi connectivity index (χ2v) is 5.08. The number of hydrogen-bond donors (Lipinski definition) is 2. The van der Waals surface area contributed by atoms with Gasteiger partial charge in [-0.3, -0.25) is 9.89 Å². The number of fused-ring (bicyclic) bond motifs is 1. The lowest BCUT2D eigenvalue weighted by atomic mass is 10.3. The summed E-state index contributed by atoms with van der Waals surface area (Å²) in [4.78, 5) is 20.5. The Bertz CT molecular complexity index is 1020. The van der Waals surface area contributed by atoms with E-state index in [1.165, 1.54) is 10.7 Å². The lowest BCUT2D eigenvalue weighted by Crippen LogP contribution is -2.20. The second kappa shape index (κ2) is 5.92. The highest BCUT2D eigenvalue weighted by Crippen LogP contribution is 2.17. The van der Waals surface area contributed by atoms with Crippen LogP contribution in [0.1, 0.15) is 5.82 Å². The number of para-hydroxylation sites is 1. The molecule has 3 heterocycles. The molecular weight excluding hydrogens is 306 g/mol. The highest BCUT2D eigenvalue weighted by atomic mass is 16.1. The van der Waals surface area contributed by atoms with E-state index < -0.39 is 0 Å². The van der Waals surface area contributed by atoms with Crippen molar-refractivity contribution in [2.24, 2.45) is 0 Å². The number of nitrogens with zero attached hydrogens (tertiary/aromatic N) is 5. The Balaban J connectivity index is 1.71. The molecule has 0 aliphatic heterocycles. The molecule has 2 N–H and O–H groups in total. The van der Waals surface area contributed by atoms with Crippen LogP contribution < -0.4 is 10.9 Å². The molecule has 0 saturated heterocycles. The maximum absolute atomic E-state index is 12.2. The van der Waals surface area contributed by atoms with Gasteiger partial charge < -0.3 is 5.32 Å². The summed E-state index contributed by atoms with van der Waals surface area (Å²) in [5.74, 6) is 1.19. The Morgan fingerprint density at radius 1 is 1.08 bits per heavy atom. The molecule has 0 bridgehead atoms. The summed E-state index contributed by atoms with van der Waals surface area (Å²) in [7, 11) is 0. The molecule has 1 aromatic carbocycles. The van der Waals surface area contributed by atoms with Crippen molar-refractivity contribution in [3.63, 3.8) is 0 Å². The molecule has 4 aromatic rings. The van der Waals surface area contributed by atoms with E-state index in [-0.39, 0.29) is 5.56 Å². The lowest BCUT2D eigenvalue weighted by molar-refractivity contribution is 0.831. The maximum Gasteiger partial charge on any atom is 0.273 e. The molecule has 8 heteroatoms. The predicted molar refractivity (Wildman–Crippen MR) is 88.8 cm³/mol. The SMILES string of the molecule is O=c1cc2[nH]nc(NCc3ncccn3)c2nn1-c1ccccc1. The lowest BCUT2D eigenvalue weighted by Gasteiger charge is -2.05. The summed E-state index contributed by atoms with van der Waals surface area (Å²) >= 11 is 0. The van der Waals surface area contributed by atoms with Crippen molar-refractivity contribution in [3.8, 4) is 5.69 Å². The molecule has 0 radical (unpaired) electrons. The van der Waals surface area contributed by atoms with Crippen LogP contribution in [0.2, 0.25) is 0 Å². The normalized spacial score (nSPS) is 10.8. The van der Waals surface area contributed by atoms with Gasteiger partial charge in [0.1, 0.15) is 5.82 Å². The highest BCUT2D eigenvalue weighted by Gasteiger charge is 2.11. The van der Waals surface area contributed by atoms with E-state index in [9.17, 15) is 4.79 Å². The van der Waals surface area contributed by atoms with Gasteiger partial charge in [-0.25, -0.2) is 9.97 Å². The highest BCUT2D eigenvalue weighted by molar-refractivity contribution is 5.85. The molecule has 0 unspecified atom stereocenters. The van der Waals surface area contributed by atoms with Gasteiger partial charge in [-0.15, -0.1) is 0 Å². The summed E-state index contributed by atoms with van der Waals surface area (Å²) in [6.07, 6.45) is 3.36. The standard InChI is InChI=1S/C16H13N7O/c24-14-9-12-15(22-23(14)11-5-2-1-3-6-11)16(21-20-12)19-10-13-17-7-4-8-18-13/h1-9,20H,10H2,(H,19,21). The molecule has 0 aliphatic carbocycles. The molecule has 0 atom stereocenters. The smallest absolute Gasteiger partial charge is 0.273 e. The number of benzene rings is 1. The first-order valence-corrected chi connectivity index (χ1v) is 7.35. The molecule has 118 valence electrons. The molecule has 24 heavy (non-hydrogen) atoms. The van der Waals surface area contributed by atoms with Crippen molar-refractivity contribution in [2.75, 3.05) is 5.32 Å². The van der Waals surface area contributed by atoms with Crippen LogP contribution in [0.4, 0.5) is 5.82 Å². The Hall–Kier alpha value is -3.55. The maximum atomic E-state index is 12.2. The molecule has 0 spiro atoms. The van der Waals surface area contributed by atoms with E-state index in [4.69, 9.17) is 0 Å². The van der Waals surface area contributed by atoms with E-state index >= 15 is 0 Å². The molecule has 8 nitrogen and oxygen atoms in total. The van der Waals surface area contributed by atoms with Crippen molar-refractivity contribution in [1.29, 1.82) is 0 Å². The van der Waals surface area contributed by atoms with Gasteiger partial charge in [-0.2, -0.15) is 14.9 Å². The molecular formula is C16H13N7O. The Labute approximate surface area is 136 Å². The molecule has 0 amide bonds. The molecule has 4 rings (SSSR count). The van der Waals surface area contributed by atoms with Gasteiger partial charge in [0, 0.05) is 18.5 Å². The van der Waals surface area contributed by atoms with Crippen LogP contribution in [0.3, 0.4) is 0 Å². The molecule has 3 aromatic heterocycles. The third kappa shape index (κ3) is 2.60. The summed E-state index contributed by atoms with van der Waals surface area (Å²) in [5, 5.41) is 14.6. The van der Waals surface area contributed by atoms with E-state index in [2.05, 4.69) is 30.6 Å². The zero-order chi connectivity index (χ0) is 16.4. The van der Waals surface area contributed by atoms with Crippen LogP contribution in [0.15, 0.2) is 59.7 Å². The predicted octanol–water partition coefficient (Wildman–Crippen LogP) is 1.51. The first-order valence-electron chi connectivity index (χ1n) is 7.35. The van der Waals surface area contributed by atoms with Crippen molar-refractivity contribution in [1.82, 2.24) is 29.9 Å². The average Bonchev–Trinajstić information content (AvgIpc) is 3.02. The summed E-state index contributed by atoms with van der Waals surface area (Å²) in [6.45, 7) is 0.410. The molecule has 0 fully saturated rings. The summed E-state index contributed by atoms with van der Waals surface area (Å²) in [6, 6.07) is 12.5. The Kier molecular flexibility index (Phi) is 3.47. The summed E-state index contributed by atoms with van der Waals surface area (Å²) in [5.41, 5.74) is 1.62. The van der Waals surface area contributed by atoms with Crippen LogP contribution in [-0.2, 0) is 6.54 Å². The van der Waals surface area contributed by atoms with E-state index in [0.717, 1.165) is 0 Å². The van der Waals surface area contributed by atoms with Crippen molar-refractivity contribution in [2.45, 2.75) is 6.54 Å². The number of H-pyrrole nitrogens is 1. The minimum atomic E-state index is -0.227. The van der Waals surface area contributed by atoms with Crippen LogP contribution >= 0.6 is 0 Å². The van der Waals surface area contributed by atoms with E-state index in [1.807, 2.05) is 30.3 Å². The van der Waals surface area contributed by atoms with Gasteiger partial charge in [0.05, 0.1) is 17.7 Å². The number of rotatable bonds is 4. The van der Waals surface area contributed by atoms with Gasteiger partial charge in [0.15, 0.2) is 11.3 Å². The van der Waals surface area contributed by atoms with Crippen molar-refractivity contribution in [3.05, 3.63) is 71.0 Å². The molecule has 0 saturated carbocycles. The van der Waals surface area contributed by atoms with Gasteiger partial charge in [0.2, 0.25) is 0 Å². The molecule has 0 aliphatic rings.